The van der Waals surface area contributed by atoms with Crippen LogP contribution in [0.4, 0.5) is 11.4 Å². The lowest BCUT2D eigenvalue weighted by molar-refractivity contribution is -0.125. The van der Waals surface area contributed by atoms with Crippen molar-refractivity contribution in [3.8, 4) is 5.75 Å². The van der Waals surface area contributed by atoms with Gasteiger partial charge in [-0.2, -0.15) is 0 Å². The first kappa shape index (κ1) is 15.4. The molecule has 1 N–H and O–H groups in total. The summed E-state index contributed by atoms with van der Waals surface area (Å²) >= 11 is 5.82. The Hall–Kier alpha value is -2.53. The Bertz CT molecular complexity index is 774. The van der Waals surface area contributed by atoms with Crippen LogP contribution < -0.4 is 15.0 Å². The highest BCUT2D eigenvalue weighted by atomic mass is 35.5. The lowest BCUT2D eigenvalue weighted by Crippen LogP contribution is -2.42. The highest BCUT2D eigenvalue weighted by molar-refractivity contribution is 6.30. The molecule has 0 saturated heterocycles. The number of amides is 2. The number of ether oxygens (including phenoxy) is 1. The predicted molar refractivity (Wildman–Crippen MR) is 89.3 cm³/mol. The average molecular weight is 331 g/mol. The van der Waals surface area contributed by atoms with Crippen molar-refractivity contribution in [3.05, 3.63) is 53.1 Å². The fraction of sp³-hybridized carbons (Fsp3) is 0.176. The van der Waals surface area contributed by atoms with Crippen LogP contribution in [0.15, 0.2) is 42.5 Å². The van der Waals surface area contributed by atoms with Crippen LogP contribution in [0, 0.1) is 0 Å². The zero-order valence-corrected chi connectivity index (χ0v) is 13.4. The van der Waals surface area contributed by atoms with Crippen molar-refractivity contribution in [2.75, 3.05) is 17.3 Å². The zero-order chi connectivity index (χ0) is 16.6. The maximum Gasteiger partial charge on any atom is 0.267 e. The van der Waals surface area contributed by atoms with Crippen LogP contribution in [0.5, 0.6) is 5.75 Å². The number of benzene rings is 2. The van der Waals surface area contributed by atoms with E-state index in [1.165, 1.54) is 4.90 Å². The Morgan fingerprint density at radius 1 is 1.22 bits per heavy atom. The number of fused-ring (bicyclic) bond motifs is 1. The lowest BCUT2D eigenvalue weighted by Gasteiger charge is -2.30. The molecule has 0 bridgehead atoms. The molecule has 2 aromatic rings. The minimum atomic E-state index is -0.527. The van der Waals surface area contributed by atoms with E-state index in [0.717, 1.165) is 0 Å². The molecular weight excluding hydrogens is 316 g/mol. The topological polar surface area (TPSA) is 58.6 Å². The van der Waals surface area contributed by atoms with Gasteiger partial charge in [-0.05, 0) is 49.4 Å². The molecule has 2 aromatic carbocycles. The molecule has 0 spiro atoms. The quantitative estimate of drug-likeness (QED) is 0.918. The Morgan fingerprint density at radius 3 is 2.61 bits per heavy atom. The summed E-state index contributed by atoms with van der Waals surface area (Å²) in [5, 5.41) is 3.39. The summed E-state index contributed by atoms with van der Waals surface area (Å²) in [4.78, 5) is 25.8. The summed E-state index contributed by atoms with van der Waals surface area (Å²) in [7, 11) is 1.67. The van der Waals surface area contributed by atoms with Gasteiger partial charge in [-0.25, -0.2) is 0 Å². The minimum Gasteiger partial charge on any atom is -0.479 e. The van der Waals surface area contributed by atoms with E-state index in [2.05, 4.69) is 5.32 Å². The maximum absolute atomic E-state index is 12.3. The SMILES string of the molecule is CC1Oc2ccc(C(=O)Nc3ccc(Cl)cc3)cc2N(C)C1=O. The summed E-state index contributed by atoms with van der Waals surface area (Å²) < 4.78 is 5.54. The first-order valence-electron chi connectivity index (χ1n) is 7.11. The van der Waals surface area contributed by atoms with Crippen molar-refractivity contribution in [1.82, 2.24) is 0 Å². The summed E-state index contributed by atoms with van der Waals surface area (Å²) in [6.07, 6.45) is -0.527. The van der Waals surface area contributed by atoms with Gasteiger partial charge in [0.2, 0.25) is 0 Å². The van der Waals surface area contributed by atoms with Crippen LogP contribution in [0.2, 0.25) is 5.02 Å². The van der Waals surface area contributed by atoms with E-state index in [1.807, 2.05) is 0 Å². The third-order valence-corrected chi connectivity index (χ3v) is 3.92. The number of rotatable bonds is 2. The van der Waals surface area contributed by atoms with E-state index >= 15 is 0 Å². The molecule has 0 aromatic heterocycles. The van der Waals surface area contributed by atoms with Crippen molar-refractivity contribution >= 4 is 34.8 Å². The molecule has 1 aliphatic rings. The Labute approximate surface area is 138 Å². The highest BCUT2D eigenvalue weighted by Gasteiger charge is 2.29. The Morgan fingerprint density at radius 2 is 1.91 bits per heavy atom. The average Bonchev–Trinajstić information content (AvgIpc) is 2.54. The lowest BCUT2D eigenvalue weighted by atomic mass is 10.1. The zero-order valence-electron chi connectivity index (χ0n) is 12.7. The molecule has 2 amide bonds. The summed E-state index contributed by atoms with van der Waals surface area (Å²) in [6, 6.07) is 11.9. The molecule has 0 fully saturated rings. The van der Waals surface area contributed by atoms with Crippen LogP contribution >= 0.6 is 11.6 Å². The van der Waals surface area contributed by atoms with Crippen LogP contribution in [-0.2, 0) is 4.79 Å². The normalized spacial score (nSPS) is 16.6. The Balaban J connectivity index is 1.85. The second-order valence-electron chi connectivity index (χ2n) is 5.30. The molecule has 1 unspecified atom stereocenters. The second kappa shape index (κ2) is 5.93. The van der Waals surface area contributed by atoms with Gasteiger partial charge in [-0.1, -0.05) is 11.6 Å². The van der Waals surface area contributed by atoms with Gasteiger partial charge in [-0.3, -0.25) is 9.59 Å². The molecule has 3 rings (SSSR count). The number of carbonyl (C=O) groups is 2. The first-order valence-corrected chi connectivity index (χ1v) is 7.48. The van der Waals surface area contributed by atoms with Crippen LogP contribution in [0.1, 0.15) is 17.3 Å². The molecule has 118 valence electrons. The van der Waals surface area contributed by atoms with Gasteiger partial charge in [-0.15, -0.1) is 0 Å². The third-order valence-electron chi connectivity index (χ3n) is 3.67. The Kier molecular flexibility index (Phi) is 3.96. The predicted octanol–water partition coefficient (Wildman–Crippen LogP) is 3.34. The van der Waals surface area contributed by atoms with Crippen molar-refractivity contribution < 1.29 is 14.3 Å². The molecule has 0 radical (unpaired) electrons. The van der Waals surface area contributed by atoms with Crippen LogP contribution in [0.3, 0.4) is 0 Å². The monoisotopic (exact) mass is 330 g/mol. The number of nitrogens with one attached hydrogen (secondary N) is 1. The number of anilines is 2. The van der Waals surface area contributed by atoms with E-state index < -0.39 is 6.10 Å². The van der Waals surface area contributed by atoms with Crippen molar-refractivity contribution in [2.24, 2.45) is 0 Å². The molecule has 0 aliphatic carbocycles. The summed E-state index contributed by atoms with van der Waals surface area (Å²) in [5.41, 5.74) is 1.67. The number of hydrogen-bond donors (Lipinski definition) is 1. The van der Waals surface area contributed by atoms with Gasteiger partial charge < -0.3 is 15.0 Å². The third kappa shape index (κ3) is 3.00. The van der Waals surface area contributed by atoms with Crippen molar-refractivity contribution in [2.45, 2.75) is 13.0 Å². The van der Waals surface area contributed by atoms with E-state index in [4.69, 9.17) is 16.3 Å². The largest absolute Gasteiger partial charge is 0.479 e. The maximum atomic E-state index is 12.3. The molecule has 1 atom stereocenters. The van der Waals surface area contributed by atoms with E-state index in [-0.39, 0.29) is 11.8 Å². The van der Waals surface area contributed by atoms with Crippen molar-refractivity contribution in [1.29, 1.82) is 0 Å². The van der Waals surface area contributed by atoms with Gasteiger partial charge in [0.1, 0.15) is 5.75 Å². The fourth-order valence-corrected chi connectivity index (χ4v) is 2.52. The van der Waals surface area contributed by atoms with Gasteiger partial charge in [0.05, 0.1) is 5.69 Å². The number of halogens is 1. The molecule has 5 nitrogen and oxygen atoms in total. The fourth-order valence-electron chi connectivity index (χ4n) is 2.39. The summed E-state index contributed by atoms with van der Waals surface area (Å²) in [6.45, 7) is 1.70. The number of hydrogen-bond acceptors (Lipinski definition) is 3. The van der Waals surface area contributed by atoms with E-state index in [0.29, 0.717) is 27.7 Å². The molecular formula is C17H15ClN2O3. The van der Waals surface area contributed by atoms with Crippen LogP contribution in [0.25, 0.3) is 0 Å². The molecule has 1 aliphatic heterocycles. The molecule has 0 saturated carbocycles. The standard InChI is InChI=1S/C17H15ClN2O3/c1-10-17(22)20(2)14-9-11(3-8-15(14)23-10)16(21)19-13-6-4-12(18)5-7-13/h3-10H,1-2H3,(H,19,21). The smallest absolute Gasteiger partial charge is 0.267 e. The van der Waals surface area contributed by atoms with E-state index in [9.17, 15) is 9.59 Å². The van der Waals surface area contributed by atoms with Crippen molar-refractivity contribution in [3.63, 3.8) is 0 Å². The number of carbonyl (C=O) groups excluding carboxylic acids is 2. The molecule has 1 heterocycles. The highest BCUT2D eigenvalue weighted by Crippen LogP contribution is 2.34. The van der Waals surface area contributed by atoms with Gasteiger partial charge in [0.25, 0.3) is 11.8 Å². The second-order valence-corrected chi connectivity index (χ2v) is 5.74. The molecule has 6 heteroatoms. The number of nitrogens with zero attached hydrogens (tertiary/aromatic N) is 1. The van der Waals surface area contributed by atoms with Gasteiger partial charge >= 0.3 is 0 Å². The number of likely N-dealkylation sites (N-methyl/N-ethyl adjacent to an activating group) is 1. The summed E-state index contributed by atoms with van der Waals surface area (Å²) in [5.74, 6) is 0.171. The van der Waals surface area contributed by atoms with Crippen LogP contribution in [-0.4, -0.2) is 25.0 Å². The minimum absolute atomic E-state index is 0.146. The first-order chi connectivity index (χ1) is 11.0. The van der Waals surface area contributed by atoms with Gasteiger partial charge in [0, 0.05) is 23.3 Å². The van der Waals surface area contributed by atoms with Gasteiger partial charge in [0.15, 0.2) is 6.10 Å². The van der Waals surface area contributed by atoms with E-state index in [1.54, 1.807) is 56.4 Å². The molecule has 23 heavy (non-hydrogen) atoms.